The maximum absolute atomic E-state index is 13.4. The van der Waals surface area contributed by atoms with Crippen LogP contribution in [0.5, 0.6) is 11.5 Å². The summed E-state index contributed by atoms with van der Waals surface area (Å²) < 4.78 is 41.8. The van der Waals surface area contributed by atoms with Crippen LogP contribution in [0, 0.1) is 0 Å². The van der Waals surface area contributed by atoms with Crippen molar-refractivity contribution in [3.8, 4) is 11.5 Å². The van der Waals surface area contributed by atoms with Gasteiger partial charge in [-0.15, -0.1) is 0 Å². The second kappa shape index (κ2) is 7.50. The minimum Gasteiger partial charge on any atom is -0.486 e. The highest BCUT2D eigenvalue weighted by molar-refractivity contribution is 7.86. The van der Waals surface area contributed by atoms with Gasteiger partial charge in [-0.3, -0.25) is 0 Å². The van der Waals surface area contributed by atoms with Crippen LogP contribution in [0.1, 0.15) is 69.5 Å². The molecule has 0 radical (unpaired) electrons. The van der Waals surface area contributed by atoms with E-state index in [0.29, 0.717) is 26.3 Å². The Bertz CT molecular complexity index is 833. The molecule has 7 heteroatoms. The molecule has 1 atom stereocenters. The number of hydrogen-bond acceptors (Lipinski definition) is 4. The van der Waals surface area contributed by atoms with Gasteiger partial charge in [0.2, 0.25) is 0 Å². The normalized spacial score (nSPS) is 23.9. The summed E-state index contributed by atoms with van der Waals surface area (Å²) in [6.45, 7) is 6.30. The van der Waals surface area contributed by atoms with Crippen molar-refractivity contribution in [1.82, 2.24) is 8.61 Å². The van der Waals surface area contributed by atoms with E-state index < -0.39 is 10.2 Å². The standard InChI is InChI=1S/C21H32N2O4S/c1-4-5-10-22(3)28(24,25)23-15-21(8-6-7-9-21)18-14-20-19(26-11-12-27-20)13-17(18)16(23)2/h13-14,16H,4-12,15H2,1-3H3/t16-/m1/s1. The molecular formula is C21H32N2O4S. The van der Waals surface area contributed by atoms with Crippen molar-refractivity contribution >= 4 is 10.2 Å². The third-order valence-corrected chi connectivity index (χ3v) is 8.71. The van der Waals surface area contributed by atoms with E-state index in [9.17, 15) is 8.42 Å². The quantitative estimate of drug-likeness (QED) is 0.747. The average Bonchev–Trinajstić information content (AvgIpc) is 3.17. The zero-order valence-corrected chi connectivity index (χ0v) is 18.1. The van der Waals surface area contributed by atoms with Gasteiger partial charge < -0.3 is 9.47 Å². The zero-order valence-electron chi connectivity index (χ0n) is 17.2. The van der Waals surface area contributed by atoms with Gasteiger partial charge >= 0.3 is 0 Å². The minimum absolute atomic E-state index is 0.115. The fraction of sp³-hybridized carbons (Fsp3) is 0.714. The Hall–Kier alpha value is -1.31. The van der Waals surface area contributed by atoms with Gasteiger partial charge in [-0.05, 0) is 49.4 Å². The summed E-state index contributed by atoms with van der Waals surface area (Å²) in [4.78, 5) is 0. The third-order valence-electron chi connectivity index (χ3n) is 6.70. The summed E-state index contributed by atoms with van der Waals surface area (Å²) in [6.07, 6.45) is 6.18. The molecule has 3 aliphatic rings. The Balaban J connectivity index is 1.77. The van der Waals surface area contributed by atoms with Crippen LogP contribution in [-0.4, -0.2) is 50.4 Å². The highest BCUT2D eigenvalue weighted by Crippen LogP contribution is 2.52. The SMILES string of the molecule is CCCCN(C)S(=O)(=O)N1CC2(CCCC2)c2cc3c(cc2[C@H]1C)OCCO3. The van der Waals surface area contributed by atoms with E-state index in [0.717, 1.165) is 55.6 Å². The molecule has 1 saturated carbocycles. The van der Waals surface area contributed by atoms with Gasteiger partial charge in [0.1, 0.15) is 13.2 Å². The molecule has 1 aromatic rings. The molecule has 2 aliphatic heterocycles. The predicted octanol–water partition coefficient (Wildman–Crippen LogP) is 3.62. The van der Waals surface area contributed by atoms with E-state index in [-0.39, 0.29) is 11.5 Å². The van der Waals surface area contributed by atoms with Crippen molar-refractivity contribution in [1.29, 1.82) is 0 Å². The molecule has 0 bridgehead atoms. The van der Waals surface area contributed by atoms with Gasteiger partial charge in [0.05, 0.1) is 0 Å². The van der Waals surface area contributed by atoms with Crippen LogP contribution in [0.15, 0.2) is 12.1 Å². The van der Waals surface area contributed by atoms with Crippen molar-refractivity contribution in [3.05, 3.63) is 23.3 Å². The van der Waals surface area contributed by atoms with Crippen LogP contribution in [0.3, 0.4) is 0 Å². The van der Waals surface area contributed by atoms with Crippen molar-refractivity contribution in [2.75, 3.05) is 33.4 Å². The van der Waals surface area contributed by atoms with Gasteiger partial charge in [-0.25, -0.2) is 0 Å². The van der Waals surface area contributed by atoms with E-state index in [1.54, 1.807) is 11.4 Å². The molecule has 0 amide bonds. The van der Waals surface area contributed by atoms with E-state index in [1.807, 2.05) is 13.0 Å². The van der Waals surface area contributed by atoms with E-state index in [1.165, 1.54) is 9.87 Å². The molecule has 0 N–H and O–H groups in total. The third kappa shape index (κ3) is 3.21. The Morgan fingerprint density at radius 1 is 1.18 bits per heavy atom. The predicted molar refractivity (Wildman–Crippen MR) is 109 cm³/mol. The lowest BCUT2D eigenvalue weighted by molar-refractivity contribution is 0.167. The second-order valence-electron chi connectivity index (χ2n) is 8.47. The first-order valence-corrected chi connectivity index (χ1v) is 12.0. The van der Waals surface area contributed by atoms with Gasteiger partial charge in [0, 0.05) is 31.6 Å². The van der Waals surface area contributed by atoms with Crippen LogP contribution >= 0.6 is 0 Å². The number of fused-ring (bicyclic) bond motifs is 3. The summed E-state index contributed by atoms with van der Waals surface area (Å²) in [5.41, 5.74) is 2.23. The van der Waals surface area contributed by atoms with E-state index in [4.69, 9.17) is 9.47 Å². The maximum Gasteiger partial charge on any atom is 0.282 e. The summed E-state index contributed by atoms with van der Waals surface area (Å²) in [5, 5.41) is 0. The first kappa shape index (κ1) is 20.0. The molecule has 1 aromatic carbocycles. The van der Waals surface area contributed by atoms with Gasteiger partial charge in [-0.2, -0.15) is 17.0 Å². The van der Waals surface area contributed by atoms with Crippen molar-refractivity contribution in [2.24, 2.45) is 0 Å². The van der Waals surface area contributed by atoms with Gasteiger partial charge in [0.15, 0.2) is 11.5 Å². The number of hydrogen-bond donors (Lipinski definition) is 0. The molecule has 4 rings (SSSR count). The largest absolute Gasteiger partial charge is 0.486 e. The molecule has 156 valence electrons. The average molecular weight is 409 g/mol. The Morgan fingerprint density at radius 3 is 2.46 bits per heavy atom. The monoisotopic (exact) mass is 408 g/mol. The first-order chi connectivity index (χ1) is 13.4. The van der Waals surface area contributed by atoms with Crippen molar-refractivity contribution in [2.45, 2.75) is 63.8 Å². The molecule has 0 unspecified atom stereocenters. The zero-order chi connectivity index (χ0) is 19.9. The van der Waals surface area contributed by atoms with E-state index in [2.05, 4.69) is 13.0 Å². The fourth-order valence-corrected chi connectivity index (χ4v) is 6.66. The molecule has 0 aromatic heterocycles. The Kier molecular flexibility index (Phi) is 5.35. The summed E-state index contributed by atoms with van der Waals surface area (Å²) in [5.74, 6) is 1.54. The molecule has 1 aliphatic carbocycles. The molecule has 6 nitrogen and oxygen atoms in total. The van der Waals surface area contributed by atoms with Crippen LogP contribution in [0.2, 0.25) is 0 Å². The number of unbranched alkanes of at least 4 members (excludes halogenated alkanes) is 1. The topological polar surface area (TPSA) is 59.1 Å². The minimum atomic E-state index is -3.52. The lowest BCUT2D eigenvalue weighted by Crippen LogP contribution is -2.52. The Labute approximate surface area is 169 Å². The summed E-state index contributed by atoms with van der Waals surface area (Å²) >= 11 is 0. The smallest absolute Gasteiger partial charge is 0.282 e. The van der Waals surface area contributed by atoms with Crippen molar-refractivity contribution in [3.63, 3.8) is 0 Å². The molecule has 1 fully saturated rings. The Morgan fingerprint density at radius 2 is 1.82 bits per heavy atom. The van der Waals surface area contributed by atoms with Crippen molar-refractivity contribution < 1.29 is 17.9 Å². The highest BCUT2D eigenvalue weighted by atomic mass is 32.2. The fourth-order valence-electron chi connectivity index (χ4n) is 5.02. The highest BCUT2D eigenvalue weighted by Gasteiger charge is 2.49. The van der Waals surface area contributed by atoms with Gasteiger partial charge in [0.25, 0.3) is 10.2 Å². The number of rotatable bonds is 5. The lowest BCUT2D eigenvalue weighted by Gasteiger charge is -2.46. The molecule has 1 spiro atoms. The van der Waals surface area contributed by atoms with E-state index >= 15 is 0 Å². The number of benzene rings is 1. The van der Waals surface area contributed by atoms with Gasteiger partial charge in [-0.1, -0.05) is 26.2 Å². The van der Waals surface area contributed by atoms with Crippen LogP contribution in [0.4, 0.5) is 0 Å². The maximum atomic E-state index is 13.4. The molecule has 28 heavy (non-hydrogen) atoms. The summed E-state index contributed by atoms with van der Waals surface area (Å²) in [7, 11) is -1.81. The molecular weight excluding hydrogens is 376 g/mol. The first-order valence-electron chi connectivity index (χ1n) is 10.6. The number of ether oxygens (including phenoxy) is 2. The second-order valence-corrected chi connectivity index (χ2v) is 10.5. The molecule has 0 saturated heterocycles. The van der Waals surface area contributed by atoms with Crippen LogP contribution in [0.25, 0.3) is 0 Å². The lowest BCUT2D eigenvalue weighted by atomic mass is 9.72. The van der Waals surface area contributed by atoms with Crippen LogP contribution in [-0.2, 0) is 15.6 Å². The van der Waals surface area contributed by atoms with Crippen LogP contribution < -0.4 is 9.47 Å². The molecule has 2 heterocycles. The number of nitrogens with zero attached hydrogens (tertiary/aromatic N) is 2. The summed E-state index contributed by atoms with van der Waals surface area (Å²) in [6, 6.07) is 3.95.